The Morgan fingerprint density at radius 1 is 1.00 bits per heavy atom. The predicted octanol–water partition coefficient (Wildman–Crippen LogP) is 4.42. The van der Waals surface area contributed by atoms with Crippen LogP contribution in [-0.2, 0) is 13.2 Å². The number of ketones is 1. The Balaban J connectivity index is 1.59. The summed E-state index contributed by atoms with van der Waals surface area (Å²) in [5.41, 5.74) is -0.175. The second kappa shape index (κ2) is 8.38. The lowest BCUT2D eigenvalue weighted by Gasteiger charge is -2.13. The highest BCUT2D eigenvalue weighted by Gasteiger charge is 2.40. The van der Waals surface area contributed by atoms with E-state index in [1.54, 1.807) is 29.9 Å². The lowest BCUT2D eigenvalue weighted by molar-refractivity contribution is -0.143. The number of benzene rings is 2. The molecule has 168 valence electrons. The molecule has 7 nitrogen and oxygen atoms in total. The lowest BCUT2D eigenvalue weighted by Crippen LogP contribution is -2.20. The Hall–Kier alpha value is -4.21. The van der Waals surface area contributed by atoms with Gasteiger partial charge in [0, 0.05) is 30.7 Å². The number of rotatable bonds is 5. The number of anilines is 1. The van der Waals surface area contributed by atoms with Gasteiger partial charge in [0.15, 0.2) is 11.5 Å². The molecule has 0 aliphatic carbocycles. The average molecular weight is 453 g/mol. The van der Waals surface area contributed by atoms with Gasteiger partial charge in [0.2, 0.25) is 5.78 Å². The molecule has 0 aliphatic heterocycles. The number of nitrogens with zero attached hydrogens (tertiary/aromatic N) is 4. The van der Waals surface area contributed by atoms with Crippen molar-refractivity contribution in [1.82, 2.24) is 19.3 Å². The zero-order valence-corrected chi connectivity index (χ0v) is 17.6. The molecule has 10 heteroatoms. The van der Waals surface area contributed by atoms with Crippen molar-refractivity contribution < 1.29 is 22.8 Å². The third-order valence-corrected chi connectivity index (χ3v) is 4.99. The molecule has 0 spiro atoms. The van der Waals surface area contributed by atoms with Crippen molar-refractivity contribution in [3.63, 3.8) is 0 Å². The van der Waals surface area contributed by atoms with Gasteiger partial charge in [-0.05, 0) is 43.3 Å². The zero-order chi connectivity index (χ0) is 23.8. The van der Waals surface area contributed by atoms with Gasteiger partial charge < -0.3 is 9.88 Å². The first-order valence-corrected chi connectivity index (χ1v) is 9.81. The SMILES string of the molecule is Cc1ccc(-n2ncc(C(=O)Nc3ccc(C(=O)c4nccn4C)cc3)c2C(F)(F)F)cc1. The van der Waals surface area contributed by atoms with Crippen LogP contribution in [0.15, 0.2) is 67.1 Å². The number of aromatic nitrogens is 4. The van der Waals surface area contributed by atoms with E-state index in [-0.39, 0.29) is 23.0 Å². The summed E-state index contributed by atoms with van der Waals surface area (Å²) in [6, 6.07) is 12.1. The fraction of sp³-hybridized carbons (Fsp3) is 0.130. The molecule has 1 N–H and O–H groups in total. The first-order valence-electron chi connectivity index (χ1n) is 9.81. The molecular formula is C23H18F3N5O2. The summed E-state index contributed by atoms with van der Waals surface area (Å²) >= 11 is 0. The Kier molecular flexibility index (Phi) is 5.59. The van der Waals surface area contributed by atoms with Crippen LogP contribution in [0, 0.1) is 6.92 Å². The summed E-state index contributed by atoms with van der Waals surface area (Å²) in [5, 5.41) is 6.23. The maximum atomic E-state index is 13.8. The van der Waals surface area contributed by atoms with Gasteiger partial charge in [-0.3, -0.25) is 9.59 Å². The summed E-state index contributed by atoms with van der Waals surface area (Å²) in [6.07, 6.45) is -0.795. The molecular weight excluding hydrogens is 435 g/mol. The highest BCUT2D eigenvalue weighted by atomic mass is 19.4. The van der Waals surface area contributed by atoms with Gasteiger partial charge in [-0.15, -0.1) is 0 Å². The summed E-state index contributed by atoms with van der Waals surface area (Å²) in [5.74, 6) is -1.05. The molecule has 0 unspecified atom stereocenters. The summed E-state index contributed by atoms with van der Waals surface area (Å²) in [4.78, 5) is 29.2. The van der Waals surface area contributed by atoms with Crippen LogP contribution in [0.3, 0.4) is 0 Å². The van der Waals surface area contributed by atoms with Crippen molar-refractivity contribution in [2.75, 3.05) is 5.32 Å². The number of alkyl halides is 3. The monoisotopic (exact) mass is 453 g/mol. The molecule has 2 aromatic carbocycles. The van der Waals surface area contributed by atoms with Gasteiger partial charge in [0.1, 0.15) is 0 Å². The number of halogens is 3. The molecule has 0 atom stereocenters. The topological polar surface area (TPSA) is 81.8 Å². The maximum Gasteiger partial charge on any atom is 0.434 e. The van der Waals surface area contributed by atoms with Crippen molar-refractivity contribution in [3.8, 4) is 5.69 Å². The second-order valence-corrected chi connectivity index (χ2v) is 7.37. The molecule has 4 aromatic rings. The van der Waals surface area contributed by atoms with E-state index in [0.29, 0.717) is 10.2 Å². The second-order valence-electron chi connectivity index (χ2n) is 7.37. The van der Waals surface area contributed by atoms with Gasteiger partial charge in [-0.2, -0.15) is 18.3 Å². The summed E-state index contributed by atoms with van der Waals surface area (Å²) < 4.78 is 43.8. The van der Waals surface area contributed by atoms with Crippen LogP contribution in [0.2, 0.25) is 0 Å². The fourth-order valence-corrected chi connectivity index (χ4v) is 3.29. The van der Waals surface area contributed by atoms with Crippen molar-refractivity contribution >= 4 is 17.4 Å². The molecule has 0 fully saturated rings. The first kappa shape index (κ1) is 22.0. The van der Waals surface area contributed by atoms with Crippen LogP contribution in [0.1, 0.15) is 37.8 Å². The minimum absolute atomic E-state index is 0.184. The molecule has 4 rings (SSSR count). The van der Waals surface area contributed by atoms with Crippen molar-refractivity contribution in [1.29, 1.82) is 0 Å². The Morgan fingerprint density at radius 2 is 1.67 bits per heavy atom. The zero-order valence-electron chi connectivity index (χ0n) is 17.6. The highest BCUT2D eigenvalue weighted by Crippen LogP contribution is 2.34. The lowest BCUT2D eigenvalue weighted by atomic mass is 10.1. The quantitative estimate of drug-likeness (QED) is 0.454. The molecule has 0 aliphatic rings. The third-order valence-electron chi connectivity index (χ3n) is 4.99. The van der Waals surface area contributed by atoms with Crippen LogP contribution < -0.4 is 5.32 Å². The number of nitrogens with one attached hydrogen (secondary N) is 1. The number of imidazole rings is 1. The first-order chi connectivity index (χ1) is 15.6. The largest absolute Gasteiger partial charge is 0.434 e. The minimum atomic E-state index is -4.81. The molecule has 1 amide bonds. The summed E-state index contributed by atoms with van der Waals surface area (Å²) in [6.45, 7) is 1.81. The Morgan fingerprint density at radius 3 is 2.24 bits per heavy atom. The van der Waals surface area contributed by atoms with E-state index in [4.69, 9.17) is 0 Å². The molecule has 0 saturated carbocycles. The van der Waals surface area contributed by atoms with E-state index < -0.39 is 23.3 Å². The number of carbonyl (C=O) groups is 2. The van der Waals surface area contributed by atoms with Crippen LogP contribution >= 0.6 is 0 Å². The van der Waals surface area contributed by atoms with Gasteiger partial charge in [-0.1, -0.05) is 17.7 Å². The highest BCUT2D eigenvalue weighted by molar-refractivity contribution is 6.08. The van der Waals surface area contributed by atoms with E-state index >= 15 is 0 Å². The van der Waals surface area contributed by atoms with Crippen molar-refractivity contribution in [2.45, 2.75) is 13.1 Å². The van der Waals surface area contributed by atoms with Gasteiger partial charge in [0.25, 0.3) is 5.91 Å². The van der Waals surface area contributed by atoms with E-state index in [2.05, 4.69) is 15.4 Å². The van der Waals surface area contributed by atoms with E-state index in [1.807, 2.05) is 6.92 Å². The fourth-order valence-electron chi connectivity index (χ4n) is 3.29. The van der Waals surface area contributed by atoms with Gasteiger partial charge in [-0.25, -0.2) is 9.67 Å². The molecule has 33 heavy (non-hydrogen) atoms. The normalized spacial score (nSPS) is 11.4. The van der Waals surface area contributed by atoms with Crippen LogP contribution in [-0.4, -0.2) is 31.0 Å². The molecule has 0 saturated heterocycles. The van der Waals surface area contributed by atoms with Crippen LogP contribution in [0.4, 0.5) is 18.9 Å². The molecule has 0 radical (unpaired) electrons. The number of amides is 1. The van der Waals surface area contributed by atoms with Gasteiger partial charge in [0.05, 0.1) is 17.4 Å². The summed E-state index contributed by atoms with van der Waals surface area (Å²) in [7, 11) is 1.68. The van der Waals surface area contributed by atoms with Crippen LogP contribution in [0.5, 0.6) is 0 Å². The van der Waals surface area contributed by atoms with Gasteiger partial charge >= 0.3 is 6.18 Å². The molecule has 0 bridgehead atoms. The van der Waals surface area contributed by atoms with Crippen LogP contribution in [0.25, 0.3) is 5.69 Å². The third kappa shape index (κ3) is 4.40. The minimum Gasteiger partial charge on any atom is -0.331 e. The molecule has 2 aromatic heterocycles. The number of hydrogen-bond donors (Lipinski definition) is 1. The van der Waals surface area contributed by atoms with Crippen molar-refractivity contribution in [3.05, 3.63) is 95.3 Å². The van der Waals surface area contributed by atoms with E-state index in [0.717, 1.165) is 11.8 Å². The Labute approximate surface area is 186 Å². The Bertz CT molecular complexity index is 1320. The predicted molar refractivity (Wildman–Crippen MR) is 114 cm³/mol. The van der Waals surface area contributed by atoms with E-state index in [9.17, 15) is 22.8 Å². The standard InChI is InChI=1S/C23H18F3N5O2/c1-14-3-9-17(10-4-14)31-20(23(24,25)26)18(13-28-31)22(33)29-16-7-5-15(6-8-16)19(32)21-27-11-12-30(21)2/h3-13H,1-2H3,(H,29,33). The smallest absolute Gasteiger partial charge is 0.331 e. The molecule has 2 heterocycles. The number of carbonyl (C=O) groups excluding carboxylic acids is 2. The van der Waals surface area contributed by atoms with Crippen molar-refractivity contribution in [2.24, 2.45) is 7.05 Å². The maximum absolute atomic E-state index is 13.8. The number of aryl methyl sites for hydroxylation is 2. The van der Waals surface area contributed by atoms with E-state index in [1.165, 1.54) is 42.6 Å². The number of hydrogen-bond acceptors (Lipinski definition) is 4. The average Bonchev–Trinajstić information content (AvgIpc) is 3.41.